The molecule has 2 nitrogen and oxygen atoms in total. The lowest BCUT2D eigenvalue weighted by Crippen LogP contribution is -2.28. The monoisotopic (exact) mass is 291 g/mol. The average Bonchev–Trinajstić information content (AvgIpc) is 2.42. The summed E-state index contributed by atoms with van der Waals surface area (Å²) in [7, 11) is 0. The van der Waals surface area contributed by atoms with Gasteiger partial charge in [-0.1, -0.05) is 54.1 Å². The molecule has 0 bridgehead atoms. The van der Waals surface area contributed by atoms with Gasteiger partial charge < -0.3 is 10.8 Å². The Bertz CT molecular complexity index is 542. The lowest BCUT2D eigenvalue weighted by molar-refractivity contribution is 0.145. The van der Waals surface area contributed by atoms with Crippen molar-refractivity contribution in [2.24, 2.45) is 5.73 Å². The molecule has 2 aromatic carbocycles. The Hall–Kier alpha value is -1.35. The lowest BCUT2D eigenvalue weighted by Gasteiger charge is -2.21. The first kappa shape index (κ1) is 16.7. The van der Waals surface area contributed by atoms with Crippen LogP contribution in [0.4, 0.5) is 0 Å². The number of aryl methyl sites for hydroxylation is 2. The summed E-state index contributed by atoms with van der Waals surface area (Å²) in [6.45, 7) is 4.07. The van der Waals surface area contributed by atoms with E-state index < -0.39 is 6.10 Å². The second kappa shape index (κ2) is 7.44. The zero-order valence-corrected chi connectivity index (χ0v) is 12.7. The topological polar surface area (TPSA) is 46.2 Å². The van der Waals surface area contributed by atoms with Crippen molar-refractivity contribution < 1.29 is 5.11 Å². The number of hydrogen-bond acceptors (Lipinski definition) is 2. The molecule has 0 radical (unpaired) electrons. The quantitative estimate of drug-likeness (QED) is 0.908. The Balaban J connectivity index is 0.00000200. The molecule has 0 aliphatic heterocycles. The highest BCUT2D eigenvalue weighted by molar-refractivity contribution is 5.85. The van der Waals surface area contributed by atoms with Gasteiger partial charge in [0, 0.05) is 6.42 Å². The molecule has 0 aliphatic rings. The fourth-order valence-electron chi connectivity index (χ4n) is 2.31. The van der Waals surface area contributed by atoms with Gasteiger partial charge in [-0.3, -0.25) is 0 Å². The molecule has 2 atom stereocenters. The summed E-state index contributed by atoms with van der Waals surface area (Å²) in [5.41, 5.74) is 10.6. The first-order valence-corrected chi connectivity index (χ1v) is 6.62. The molecule has 0 amide bonds. The van der Waals surface area contributed by atoms with Crippen molar-refractivity contribution >= 4 is 12.4 Å². The van der Waals surface area contributed by atoms with Crippen LogP contribution in [0.15, 0.2) is 48.5 Å². The highest BCUT2D eigenvalue weighted by Crippen LogP contribution is 2.22. The van der Waals surface area contributed by atoms with Crippen LogP contribution in [0.2, 0.25) is 0 Å². The summed E-state index contributed by atoms with van der Waals surface area (Å²) in [6.07, 6.45) is 0.0120. The number of nitrogens with two attached hydrogens (primary N) is 1. The van der Waals surface area contributed by atoms with Gasteiger partial charge in [-0.15, -0.1) is 12.4 Å². The number of halogens is 1. The number of benzene rings is 2. The van der Waals surface area contributed by atoms with Gasteiger partial charge in [-0.2, -0.15) is 0 Å². The van der Waals surface area contributed by atoms with Crippen LogP contribution in [0.3, 0.4) is 0 Å². The second-order valence-electron chi connectivity index (χ2n) is 5.14. The minimum absolute atomic E-state index is 0. The van der Waals surface area contributed by atoms with Crippen molar-refractivity contribution in [3.05, 3.63) is 70.8 Å². The maximum atomic E-state index is 10.3. The van der Waals surface area contributed by atoms with E-state index in [0.717, 1.165) is 16.7 Å². The Morgan fingerprint density at radius 3 is 2.35 bits per heavy atom. The molecule has 0 fully saturated rings. The molecule has 108 valence electrons. The molecule has 3 N–H and O–H groups in total. The van der Waals surface area contributed by atoms with Crippen molar-refractivity contribution in [1.29, 1.82) is 0 Å². The highest BCUT2D eigenvalue weighted by atomic mass is 35.5. The van der Waals surface area contributed by atoms with Crippen molar-refractivity contribution in [3.63, 3.8) is 0 Å². The predicted octanol–water partition coefficient (Wildman–Crippen LogP) is 3.33. The van der Waals surface area contributed by atoms with Gasteiger partial charge in [-0.25, -0.2) is 0 Å². The fraction of sp³-hybridized carbons (Fsp3) is 0.294. The van der Waals surface area contributed by atoms with E-state index in [1.807, 2.05) is 44.2 Å². The molecule has 20 heavy (non-hydrogen) atoms. The molecule has 0 unspecified atom stereocenters. The Morgan fingerprint density at radius 2 is 1.70 bits per heavy atom. The first-order valence-electron chi connectivity index (χ1n) is 6.62. The van der Waals surface area contributed by atoms with E-state index in [4.69, 9.17) is 5.73 Å². The maximum absolute atomic E-state index is 10.3. The van der Waals surface area contributed by atoms with Gasteiger partial charge in [-0.05, 0) is 30.5 Å². The maximum Gasteiger partial charge on any atom is 0.0773 e. The van der Waals surface area contributed by atoms with Gasteiger partial charge in [0.1, 0.15) is 0 Å². The first-order chi connectivity index (χ1) is 9.08. The molecular formula is C17H22ClNO. The van der Waals surface area contributed by atoms with E-state index in [1.165, 1.54) is 5.56 Å². The van der Waals surface area contributed by atoms with Crippen LogP contribution in [-0.2, 0) is 6.42 Å². The molecule has 0 aliphatic carbocycles. The molecule has 0 saturated heterocycles. The van der Waals surface area contributed by atoms with Gasteiger partial charge in [0.25, 0.3) is 0 Å². The smallest absolute Gasteiger partial charge is 0.0773 e. The summed E-state index contributed by atoms with van der Waals surface area (Å²) < 4.78 is 0. The third-order valence-electron chi connectivity index (χ3n) is 3.50. The molecule has 3 heteroatoms. The van der Waals surface area contributed by atoms with Gasteiger partial charge in [0.05, 0.1) is 12.1 Å². The third kappa shape index (κ3) is 4.07. The zero-order valence-electron chi connectivity index (χ0n) is 11.9. The molecule has 2 rings (SSSR count). The Morgan fingerprint density at radius 1 is 1.05 bits per heavy atom. The number of rotatable bonds is 4. The van der Waals surface area contributed by atoms with Crippen LogP contribution in [-0.4, -0.2) is 11.2 Å². The van der Waals surface area contributed by atoms with Crippen molar-refractivity contribution in [2.45, 2.75) is 32.4 Å². The lowest BCUT2D eigenvalue weighted by atomic mass is 9.93. The van der Waals surface area contributed by atoms with Crippen LogP contribution in [0.25, 0.3) is 0 Å². The summed E-state index contributed by atoms with van der Waals surface area (Å²) in [5, 5.41) is 10.3. The van der Waals surface area contributed by atoms with E-state index in [-0.39, 0.29) is 18.4 Å². The van der Waals surface area contributed by atoms with Crippen molar-refractivity contribution in [3.8, 4) is 0 Å². The fourth-order valence-corrected chi connectivity index (χ4v) is 2.31. The molecule has 0 spiro atoms. The predicted molar refractivity (Wildman–Crippen MR) is 86.2 cm³/mol. The summed E-state index contributed by atoms with van der Waals surface area (Å²) in [6, 6.07) is 15.8. The summed E-state index contributed by atoms with van der Waals surface area (Å²) in [5.74, 6) is 0. The van der Waals surface area contributed by atoms with Gasteiger partial charge in [0.15, 0.2) is 0 Å². The second-order valence-corrected chi connectivity index (χ2v) is 5.14. The Labute approximate surface area is 127 Å². The normalized spacial score (nSPS) is 13.4. The van der Waals surface area contributed by atoms with Crippen LogP contribution in [0, 0.1) is 13.8 Å². The van der Waals surface area contributed by atoms with Crippen LogP contribution in [0.5, 0.6) is 0 Å². The van der Waals surface area contributed by atoms with Crippen molar-refractivity contribution in [1.82, 2.24) is 0 Å². The Kier molecular flexibility index (Phi) is 6.21. The minimum Gasteiger partial charge on any atom is -0.391 e. The highest BCUT2D eigenvalue weighted by Gasteiger charge is 2.18. The van der Waals surface area contributed by atoms with Crippen LogP contribution >= 0.6 is 12.4 Å². The van der Waals surface area contributed by atoms with E-state index in [2.05, 4.69) is 18.2 Å². The number of hydrogen-bond donors (Lipinski definition) is 2. The van der Waals surface area contributed by atoms with E-state index in [9.17, 15) is 5.11 Å². The van der Waals surface area contributed by atoms with E-state index >= 15 is 0 Å². The minimum atomic E-state index is -0.567. The van der Waals surface area contributed by atoms with E-state index in [1.54, 1.807) is 0 Å². The molecule has 2 aromatic rings. The average molecular weight is 292 g/mol. The van der Waals surface area contributed by atoms with Crippen LogP contribution < -0.4 is 5.73 Å². The molecular weight excluding hydrogens is 270 g/mol. The summed E-state index contributed by atoms with van der Waals surface area (Å²) >= 11 is 0. The number of aliphatic hydroxyl groups excluding tert-OH is 1. The van der Waals surface area contributed by atoms with Crippen molar-refractivity contribution in [2.75, 3.05) is 0 Å². The zero-order chi connectivity index (χ0) is 13.8. The van der Waals surface area contributed by atoms with Crippen LogP contribution in [0.1, 0.15) is 28.3 Å². The molecule has 0 aromatic heterocycles. The summed E-state index contributed by atoms with van der Waals surface area (Å²) in [4.78, 5) is 0. The van der Waals surface area contributed by atoms with E-state index in [0.29, 0.717) is 6.42 Å². The van der Waals surface area contributed by atoms with Gasteiger partial charge in [0.2, 0.25) is 0 Å². The largest absolute Gasteiger partial charge is 0.391 e. The molecule has 0 heterocycles. The number of aliphatic hydroxyl groups is 1. The van der Waals surface area contributed by atoms with Gasteiger partial charge >= 0.3 is 0 Å². The third-order valence-corrected chi connectivity index (χ3v) is 3.50. The molecule has 0 saturated carbocycles. The standard InChI is InChI=1S/C17H21NO.ClH/c1-12-8-9-13(2)15(10-12)17(18)16(19)11-14-6-4-3-5-7-14;/h3-10,16-17,19H,11,18H2,1-2H3;1H/t16-,17+;/m1./s1. The SMILES string of the molecule is Cc1ccc(C)c([C@H](N)[C@H](O)Cc2ccccc2)c1.Cl.